The Kier molecular flexibility index (Phi) is 3.36. The molecule has 1 atom stereocenters. The number of rotatable bonds is 3. The highest BCUT2D eigenvalue weighted by molar-refractivity contribution is 6.40. The van der Waals surface area contributed by atoms with Crippen molar-refractivity contribution in [3.63, 3.8) is 0 Å². The van der Waals surface area contributed by atoms with Gasteiger partial charge in [-0.3, -0.25) is 4.79 Å². The van der Waals surface area contributed by atoms with Crippen molar-refractivity contribution in [1.29, 1.82) is 0 Å². The van der Waals surface area contributed by atoms with Crippen molar-refractivity contribution in [2.75, 3.05) is 0 Å². The standard InChI is InChI=1S/C10H10O4/c1-7(11)14-10(13)9(12)8-5-3-2-4-6-8/h2-7,11H,1H3. The summed E-state index contributed by atoms with van der Waals surface area (Å²) in [7, 11) is 0. The van der Waals surface area contributed by atoms with Gasteiger partial charge in [-0.15, -0.1) is 0 Å². The van der Waals surface area contributed by atoms with Gasteiger partial charge in [-0.2, -0.15) is 0 Å². The number of benzene rings is 1. The van der Waals surface area contributed by atoms with Crippen LogP contribution in [0, 0.1) is 0 Å². The van der Waals surface area contributed by atoms with Gasteiger partial charge in [-0.1, -0.05) is 30.3 Å². The Morgan fingerprint density at radius 3 is 2.36 bits per heavy atom. The maximum absolute atomic E-state index is 11.3. The third-order valence-electron chi connectivity index (χ3n) is 1.50. The molecule has 4 heteroatoms. The van der Waals surface area contributed by atoms with Crippen LogP contribution in [0.3, 0.4) is 0 Å². The fraction of sp³-hybridized carbons (Fsp3) is 0.200. The van der Waals surface area contributed by atoms with Crippen LogP contribution < -0.4 is 0 Å². The molecule has 0 amide bonds. The monoisotopic (exact) mass is 194 g/mol. The van der Waals surface area contributed by atoms with Crippen molar-refractivity contribution in [1.82, 2.24) is 0 Å². The number of ketones is 1. The maximum atomic E-state index is 11.3. The van der Waals surface area contributed by atoms with Crippen LogP contribution in [0.15, 0.2) is 30.3 Å². The lowest BCUT2D eigenvalue weighted by Crippen LogP contribution is -2.22. The summed E-state index contributed by atoms with van der Waals surface area (Å²) in [4.78, 5) is 22.3. The Balaban J connectivity index is 2.72. The molecule has 14 heavy (non-hydrogen) atoms. The molecule has 1 unspecified atom stereocenters. The minimum Gasteiger partial charge on any atom is -0.430 e. The summed E-state index contributed by atoms with van der Waals surface area (Å²) in [6, 6.07) is 8.03. The van der Waals surface area contributed by atoms with Gasteiger partial charge in [0.1, 0.15) is 0 Å². The third kappa shape index (κ3) is 2.67. The molecule has 1 N–H and O–H groups in total. The zero-order chi connectivity index (χ0) is 10.6. The summed E-state index contributed by atoms with van der Waals surface area (Å²) >= 11 is 0. The van der Waals surface area contributed by atoms with Crippen LogP contribution in [-0.2, 0) is 9.53 Å². The molecule has 0 spiro atoms. The van der Waals surface area contributed by atoms with E-state index in [1.54, 1.807) is 18.2 Å². The topological polar surface area (TPSA) is 63.6 Å². The molecule has 0 saturated carbocycles. The predicted molar refractivity (Wildman–Crippen MR) is 48.5 cm³/mol. The number of aliphatic hydroxyl groups excluding tert-OH is 1. The second kappa shape index (κ2) is 4.53. The van der Waals surface area contributed by atoms with Crippen LogP contribution in [0.4, 0.5) is 0 Å². The first-order valence-electron chi connectivity index (χ1n) is 4.09. The molecule has 0 aliphatic heterocycles. The van der Waals surface area contributed by atoms with E-state index >= 15 is 0 Å². The summed E-state index contributed by atoms with van der Waals surface area (Å²) in [5.74, 6) is -1.81. The normalized spacial score (nSPS) is 11.9. The summed E-state index contributed by atoms with van der Waals surface area (Å²) in [5.41, 5.74) is 0.248. The Bertz CT molecular complexity index is 329. The van der Waals surface area contributed by atoms with Crippen LogP contribution in [0.1, 0.15) is 17.3 Å². The van der Waals surface area contributed by atoms with Gasteiger partial charge < -0.3 is 9.84 Å². The van der Waals surface area contributed by atoms with Crippen LogP contribution in [-0.4, -0.2) is 23.1 Å². The first-order chi connectivity index (χ1) is 6.61. The van der Waals surface area contributed by atoms with E-state index in [1.165, 1.54) is 19.1 Å². The van der Waals surface area contributed by atoms with Gasteiger partial charge >= 0.3 is 5.97 Å². The van der Waals surface area contributed by atoms with E-state index in [4.69, 9.17) is 5.11 Å². The summed E-state index contributed by atoms with van der Waals surface area (Å²) in [5, 5.41) is 8.72. The van der Waals surface area contributed by atoms with Gasteiger partial charge in [0.15, 0.2) is 6.29 Å². The summed E-state index contributed by atoms with van der Waals surface area (Å²) in [6.45, 7) is 1.26. The lowest BCUT2D eigenvalue weighted by molar-refractivity contribution is -0.158. The van der Waals surface area contributed by atoms with E-state index in [0.717, 1.165) is 0 Å². The first-order valence-corrected chi connectivity index (χ1v) is 4.09. The number of hydrogen-bond donors (Lipinski definition) is 1. The second-order valence-corrected chi connectivity index (χ2v) is 2.70. The highest BCUT2D eigenvalue weighted by Crippen LogP contribution is 2.02. The molecule has 74 valence electrons. The SMILES string of the molecule is CC(O)OC(=O)C(=O)c1ccccc1. The molecule has 1 aromatic carbocycles. The molecule has 0 aliphatic rings. The minimum absolute atomic E-state index is 0.248. The second-order valence-electron chi connectivity index (χ2n) is 2.70. The number of ether oxygens (including phenoxy) is 1. The van der Waals surface area contributed by atoms with Crippen molar-refractivity contribution in [3.8, 4) is 0 Å². The molecule has 1 rings (SSSR count). The van der Waals surface area contributed by atoms with Crippen molar-refractivity contribution in [2.45, 2.75) is 13.2 Å². The highest BCUT2D eigenvalue weighted by atomic mass is 16.6. The van der Waals surface area contributed by atoms with Gasteiger partial charge in [0.25, 0.3) is 5.78 Å². The molecule has 0 saturated heterocycles. The Morgan fingerprint density at radius 2 is 1.86 bits per heavy atom. The number of esters is 1. The molecule has 0 aromatic heterocycles. The average Bonchev–Trinajstić information content (AvgIpc) is 2.17. The van der Waals surface area contributed by atoms with Crippen LogP contribution in [0.2, 0.25) is 0 Å². The molecule has 0 radical (unpaired) electrons. The maximum Gasteiger partial charge on any atom is 0.381 e. The molecular weight excluding hydrogens is 184 g/mol. The zero-order valence-electron chi connectivity index (χ0n) is 7.64. The van der Waals surface area contributed by atoms with Crippen molar-refractivity contribution in [2.24, 2.45) is 0 Å². The number of aliphatic hydroxyl groups is 1. The van der Waals surface area contributed by atoms with E-state index < -0.39 is 18.0 Å². The predicted octanol–water partition coefficient (Wildman–Crippen LogP) is 0.751. The van der Waals surface area contributed by atoms with Gasteiger partial charge in [0.05, 0.1) is 0 Å². The number of carbonyl (C=O) groups excluding carboxylic acids is 2. The number of carbonyl (C=O) groups is 2. The average molecular weight is 194 g/mol. The number of hydrogen-bond acceptors (Lipinski definition) is 4. The van der Waals surface area contributed by atoms with Crippen LogP contribution in [0.25, 0.3) is 0 Å². The van der Waals surface area contributed by atoms with Gasteiger partial charge in [0, 0.05) is 5.56 Å². The highest BCUT2D eigenvalue weighted by Gasteiger charge is 2.18. The minimum atomic E-state index is -1.27. The first kappa shape index (κ1) is 10.4. The van der Waals surface area contributed by atoms with Crippen molar-refractivity contribution in [3.05, 3.63) is 35.9 Å². The Hall–Kier alpha value is -1.68. The zero-order valence-corrected chi connectivity index (χ0v) is 7.64. The van der Waals surface area contributed by atoms with Gasteiger partial charge in [-0.25, -0.2) is 4.79 Å². The molecule has 0 heterocycles. The van der Waals surface area contributed by atoms with Crippen molar-refractivity contribution >= 4 is 11.8 Å². The fourth-order valence-electron chi connectivity index (χ4n) is 0.916. The lowest BCUT2D eigenvalue weighted by atomic mass is 10.1. The van der Waals surface area contributed by atoms with Crippen LogP contribution in [0.5, 0.6) is 0 Å². The van der Waals surface area contributed by atoms with E-state index in [0.29, 0.717) is 0 Å². The largest absolute Gasteiger partial charge is 0.430 e. The molecule has 1 aromatic rings. The van der Waals surface area contributed by atoms with E-state index in [1.807, 2.05) is 0 Å². The van der Waals surface area contributed by atoms with Crippen LogP contribution >= 0.6 is 0 Å². The van der Waals surface area contributed by atoms with E-state index in [9.17, 15) is 9.59 Å². The lowest BCUT2D eigenvalue weighted by Gasteiger charge is -2.05. The molecule has 0 bridgehead atoms. The quantitative estimate of drug-likeness (QED) is 0.334. The molecule has 0 aliphatic carbocycles. The Labute approximate surface area is 81.1 Å². The number of Topliss-reactive ketones (excluding diaryl/α,β-unsaturated/α-hetero) is 1. The fourth-order valence-corrected chi connectivity index (χ4v) is 0.916. The molecule has 4 nitrogen and oxygen atoms in total. The Morgan fingerprint density at radius 1 is 1.29 bits per heavy atom. The molecular formula is C10H10O4. The van der Waals surface area contributed by atoms with Crippen molar-refractivity contribution < 1.29 is 19.4 Å². The van der Waals surface area contributed by atoms with E-state index in [-0.39, 0.29) is 5.56 Å². The van der Waals surface area contributed by atoms with Gasteiger partial charge in [-0.05, 0) is 6.92 Å². The summed E-state index contributed by atoms with van der Waals surface area (Å²) in [6.07, 6.45) is -1.27. The van der Waals surface area contributed by atoms with E-state index in [2.05, 4.69) is 4.74 Å². The third-order valence-corrected chi connectivity index (χ3v) is 1.50. The molecule has 0 fully saturated rings. The smallest absolute Gasteiger partial charge is 0.381 e. The summed E-state index contributed by atoms with van der Waals surface area (Å²) < 4.78 is 4.33. The van der Waals surface area contributed by atoms with Gasteiger partial charge in [0.2, 0.25) is 0 Å².